The number of aliphatic hydroxyl groups is 1. The molecule has 6 fully saturated rings. The number of amides is 2. The number of nitrogens with one attached hydrogen (secondary N) is 2. The lowest BCUT2D eigenvalue weighted by Crippen LogP contribution is -2.49. The maximum Gasteiger partial charge on any atom is 0.351 e. The largest absolute Gasteiger partial charge is 0.387 e. The zero-order valence-electron chi connectivity index (χ0n) is 36.8. The number of benzene rings is 2. The highest BCUT2D eigenvalue weighted by Crippen LogP contribution is 2.68. The summed E-state index contributed by atoms with van der Waals surface area (Å²) in [5.41, 5.74) is -1.25. The number of rotatable bonds is 13. The zero-order valence-corrected chi connectivity index (χ0v) is 37.7. The van der Waals surface area contributed by atoms with Crippen molar-refractivity contribution in [3.63, 3.8) is 0 Å². The Hall–Kier alpha value is -5.22. The molecule has 19 heteroatoms. The molecule has 3 N–H and O–H groups in total. The number of anilines is 2. The van der Waals surface area contributed by atoms with Gasteiger partial charge >= 0.3 is 11.4 Å². The van der Waals surface area contributed by atoms with Crippen LogP contribution in [0.5, 0.6) is 0 Å². The van der Waals surface area contributed by atoms with E-state index in [0.29, 0.717) is 41.7 Å². The normalized spacial score (nSPS) is 29.5. The molecule has 9 atom stereocenters. The quantitative estimate of drug-likeness (QED) is 0.112. The number of nitriles is 1. The van der Waals surface area contributed by atoms with Crippen molar-refractivity contribution in [3.05, 3.63) is 116 Å². The Bertz CT molecular complexity index is 2640. The average Bonchev–Trinajstić information content (AvgIpc) is 4.19. The van der Waals surface area contributed by atoms with E-state index in [1.807, 2.05) is 32.6 Å². The predicted molar refractivity (Wildman–Crippen MR) is 235 cm³/mol. The van der Waals surface area contributed by atoms with Crippen molar-refractivity contribution in [3.8, 4) is 6.07 Å². The van der Waals surface area contributed by atoms with Crippen LogP contribution in [0, 0.1) is 25.2 Å². The number of carbonyl (C=O) groups excluding carboxylic acids is 2. The van der Waals surface area contributed by atoms with E-state index < -0.39 is 79.0 Å². The molecule has 4 aromatic rings. The molecule has 2 aromatic heterocycles. The summed E-state index contributed by atoms with van der Waals surface area (Å²) in [6, 6.07) is 19.5. The molecule has 4 bridgehead atoms. The summed E-state index contributed by atoms with van der Waals surface area (Å²) in [5.74, 6) is -0.277. The Morgan fingerprint density at radius 1 is 0.785 bits per heavy atom. The van der Waals surface area contributed by atoms with E-state index in [1.54, 1.807) is 74.8 Å². The van der Waals surface area contributed by atoms with Crippen LogP contribution >= 0.6 is 8.38 Å². The molecule has 10 rings (SSSR count). The minimum Gasteiger partial charge on any atom is -0.387 e. The van der Waals surface area contributed by atoms with Gasteiger partial charge in [0.25, 0.3) is 11.8 Å². The fourth-order valence-corrected chi connectivity index (χ4v) is 11.1. The van der Waals surface area contributed by atoms with Crippen molar-refractivity contribution in [2.45, 2.75) is 132 Å². The van der Waals surface area contributed by atoms with E-state index in [2.05, 4.69) is 26.7 Å². The minimum atomic E-state index is -1.27. The lowest BCUT2D eigenvalue weighted by atomic mass is 9.88. The zero-order chi connectivity index (χ0) is 45.9. The molecule has 2 amide bonds. The van der Waals surface area contributed by atoms with Crippen LogP contribution in [0.3, 0.4) is 0 Å². The molecule has 2 saturated carbocycles. The van der Waals surface area contributed by atoms with Crippen LogP contribution in [0.15, 0.2) is 82.6 Å². The van der Waals surface area contributed by atoms with Gasteiger partial charge in [-0.2, -0.15) is 15.2 Å². The van der Waals surface area contributed by atoms with Gasteiger partial charge in [0.05, 0.1) is 19.1 Å². The Morgan fingerprint density at radius 3 is 1.72 bits per heavy atom. The molecule has 4 saturated heterocycles. The highest BCUT2D eigenvalue weighted by Gasteiger charge is 2.79. The van der Waals surface area contributed by atoms with Crippen LogP contribution in [0.4, 0.5) is 11.6 Å². The van der Waals surface area contributed by atoms with Crippen molar-refractivity contribution in [1.82, 2.24) is 19.1 Å². The molecular weight excluding hydrogens is 858 g/mol. The molecule has 2 spiro atoms. The Kier molecular flexibility index (Phi) is 11.9. The molecule has 6 heterocycles. The summed E-state index contributed by atoms with van der Waals surface area (Å²) in [5, 5.41) is 25.0. The highest BCUT2D eigenvalue weighted by molar-refractivity contribution is 7.46. The number of aliphatic hydroxyl groups excluding tert-OH is 1. The molecule has 2 aliphatic carbocycles. The monoisotopic (exact) mass is 909 g/mol. The number of carbonyl (C=O) groups is 2. The minimum absolute atomic E-state index is 0.202. The van der Waals surface area contributed by atoms with Crippen LogP contribution in [0.1, 0.15) is 103 Å². The highest BCUT2D eigenvalue weighted by atomic mass is 31.2. The van der Waals surface area contributed by atoms with E-state index in [4.69, 9.17) is 33.3 Å². The van der Waals surface area contributed by atoms with Crippen molar-refractivity contribution < 1.29 is 42.7 Å². The van der Waals surface area contributed by atoms with E-state index in [1.165, 1.54) is 9.13 Å². The van der Waals surface area contributed by atoms with Crippen LogP contribution in [-0.4, -0.2) is 96.1 Å². The maximum absolute atomic E-state index is 13.1. The topological polar surface area (TPSA) is 227 Å². The molecule has 3 unspecified atom stereocenters. The Morgan fingerprint density at radius 2 is 1.25 bits per heavy atom. The molecule has 0 radical (unpaired) electrons. The molecule has 6 aliphatic rings. The second kappa shape index (κ2) is 17.2. The summed E-state index contributed by atoms with van der Waals surface area (Å²) in [7, 11) is -1.27. The number of hydrogen-bond donors (Lipinski definition) is 3. The van der Waals surface area contributed by atoms with E-state index in [9.17, 15) is 24.3 Å². The van der Waals surface area contributed by atoms with Gasteiger partial charge in [-0.1, -0.05) is 50.2 Å². The Balaban J connectivity index is 0.000000168. The summed E-state index contributed by atoms with van der Waals surface area (Å²) in [6.45, 7) is 9.68. The third kappa shape index (κ3) is 7.61. The second-order valence-electron chi connectivity index (χ2n) is 17.4. The van der Waals surface area contributed by atoms with Crippen LogP contribution in [0.25, 0.3) is 0 Å². The molecule has 18 nitrogen and oxygen atoms in total. The number of aromatic nitrogens is 4. The number of nitrogens with zero attached hydrogens (tertiary/aromatic N) is 5. The average molecular weight is 910 g/mol. The third-order valence-corrected chi connectivity index (χ3v) is 14.7. The van der Waals surface area contributed by atoms with E-state index in [0.717, 1.165) is 25.7 Å². The summed E-state index contributed by atoms with van der Waals surface area (Å²) < 4.78 is 40.4. The van der Waals surface area contributed by atoms with Gasteiger partial charge in [-0.3, -0.25) is 18.7 Å². The lowest BCUT2D eigenvalue weighted by molar-refractivity contribution is -0.226. The van der Waals surface area contributed by atoms with Crippen LogP contribution in [0.2, 0.25) is 0 Å². The van der Waals surface area contributed by atoms with Crippen molar-refractivity contribution in [2.75, 3.05) is 23.9 Å². The molecule has 2 aromatic carbocycles. The predicted octanol–water partition coefficient (Wildman–Crippen LogP) is 5.44. The molecule has 65 heavy (non-hydrogen) atoms. The molecule has 4 aliphatic heterocycles. The SMILES string of the molecule is CC[C@]12O[C@@H](n3cc(C)c(NC(=O)c4ccccc4)nc3=O)[C@@H](OC13CC3)C2O.CC[C@]12O[C@@H](n3cc(C)c(NC(=O)c4ccccc4)nc3=O)[C@@H](OC13CC3)C2OP(C)OCCC#N. The summed E-state index contributed by atoms with van der Waals surface area (Å²) in [4.78, 5) is 59.0. The first-order valence-electron chi connectivity index (χ1n) is 22.0. The first-order valence-corrected chi connectivity index (χ1v) is 23.6. The van der Waals surface area contributed by atoms with Gasteiger partial charge in [-0.15, -0.1) is 0 Å². The van der Waals surface area contributed by atoms with E-state index in [-0.39, 0.29) is 29.9 Å². The van der Waals surface area contributed by atoms with Crippen LogP contribution < -0.4 is 22.0 Å². The van der Waals surface area contributed by atoms with E-state index >= 15 is 0 Å². The number of aryl methyl sites for hydroxylation is 2. The summed E-state index contributed by atoms with van der Waals surface area (Å²) >= 11 is 0. The van der Waals surface area contributed by atoms with Gasteiger partial charge in [0.1, 0.15) is 58.5 Å². The maximum atomic E-state index is 13.1. The van der Waals surface area contributed by atoms with Gasteiger partial charge in [0.15, 0.2) is 20.8 Å². The van der Waals surface area contributed by atoms with Crippen molar-refractivity contribution in [2.24, 2.45) is 0 Å². The van der Waals surface area contributed by atoms with Gasteiger partial charge < -0.3 is 43.7 Å². The number of fused-ring (bicyclic) bond motifs is 6. The van der Waals surface area contributed by atoms with Gasteiger partial charge in [-0.25, -0.2) is 9.59 Å². The second-order valence-corrected chi connectivity index (χ2v) is 18.7. The smallest absolute Gasteiger partial charge is 0.351 e. The van der Waals surface area contributed by atoms with Gasteiger partial charge in [0.2, 0.25) is 0 Å². The summed E-state index contributed by atoms with van der Waals surface area (Å²) in [6.07, 6.45) is 4.45. The van der Waals surface area contributed by atoms with Crippen molar-refractivity contribution >= 4 is 31.8 Å². The van der Waals surface area contributed by atoms with Gasteiger partial charge in [-0.05, 0) is 76.6 Å². The standard InChI is InChI=1S/C25H29N4O6P.C21H23N3O5/c1-4-25-19(35-36(3)32-14-8-13-26)18(33-24(25)11-12-24)22(34-25)29-15-16(2)20(28-23(29)31)27-21(30)17-9-6-5-7-10-17;1-3-21-15(25)14(28-20(21)9-10-20)18(29-21)24-11-12(2)16(23-19(24)27)22-17(26)13-7-5-4-6-8-13/h5-7,9-10,15,18-19,22H,4,8,11-12,14H2,1-3H3,(H,27,28,30,31);4-8,11,14-15,18,25H,3,9-10H2,1-2H3,(H,22,23,26,27)/t18-,19?,22+,25+,36?;14-,15?,18+,21+/m00/s1. The number of hydrogen-bond acceptors (Lipinski definition) is 14. The fraction of sp³-hybridized carbons (Fsp3) is 0.500. The fourth-order valence-electron chi connectivity index (χ4n) is 10.0. The van der Waals surface area contributed by atoms with Crippen LogP contribution in [-0.2, 0) is 28.0 Å². The van der Waals surface area contributed by atoms with Gasteiger partial charge in [0, 0.05) is 41.3 Å². The first kappa shape index (κ1) is 45.0. The molecule has 342 valence electrons. The van der Waals surface area contributed by atoms with Crippen molar-refractivity contribution in [1.29, 1.82) is 5.26 Å². The lowest BCUT2D eigenvalue weighted by Gasteiger charge is -2.38. The first-order chi connectivity index (χ1) is 31.2. The number of ether oxygens (including phenoxy) is 4. The third-order valence-electron chi connectivity index (χ3n) is 13.6. The Labute approximate surface area is 376 Å². The molecular formula is C46H52N7O11P.